The van der Waals surface area contributed by atoms with E-state index in [1.807, 2.05) is 6.92 Å². The van der Waals surface area contributed by atoms with E-state index in [4.69, 9.17) is 0 Å². The van der Waals surface area contributed by atoms with Crippen LogP contribution in [0.15, 0.2) is 36.3 Å². The van der Waals surface area contributed by atoms with Crippen LogP contribution in [0.1, 0.15) is 13.8 Å². The van der Waals surface area contributed by atoms with Gasteiger partial charge in [0.15, 0.2) is 0 Å². The predicted octanol–water partition coefficient (Wildman–Crippen LogP) is 1.77. The molecule has 0 amide bonds. The highest BCUT2D eigenvalue weighted by Gasteiger charge is 2.10. The lowest BCUT2D eigenvalue weighted by molar-refractivity contribution is 0.325. The minimum Gasteiger partial charge on any atom is -0.377 e. The summed E-state index contributed by atoms with van der Waals surface area (Å²) in [5, 5.41) is 3.39. The Hall–Kier alpha value is -1.22. The van der Waals surface area contributed by atoms with Gasteiger partial charge in [0, 0.05) is 51.3 Å². The van der Waals surface area contributed by atoms with Crippen molar-refractivity contribution in [2.45, 2.75) is 13.8 Å². The molecule has 0 aromatic carbocycles. The van der Waals surface area contributed by atoms with Gasteiger partial charge in [0.1, 0.15) is 0 Å². The number of rotatable bonds is 5. The molecule has 1 aliphatic heterocycles. The van der Waals surface area contributed by atoms with Crippen LogP contribution in [0.3, 0.4) is 0 Å². The molecule has 0 saturated heterocycles. The highest BCUT2D eigenvalue weighted by molar-refractivity contribution is 5.09. The standard InChI is InChI=1S/C13H23N3/c1-5-13(11-14-10-12(2)3)16-8-6-15(4)7-9-16/h5-6,8,14H,2,7,9-11H2,1,3-4H3/b13-5+. The van der Waals surface area contributed by atoms with Gasteiger partial charge in [0.25, 0.3) is 0 Å². The highest BCUT2D eigenvalue weighted by Crippen LogP contribution is 2.09. The second kappa shape index (κ2) is 6.38. The lowest BCUT2D eigenvalue weighted by atomic mass is 10.3. The molecule has 90 valence electrons. The van der Waals surface area contributed by atoms with Crippen molar-refractivity contribution in [2.75, 3.05) is 33.2 Å². The van der Waals surface area contributed by atoms with Crippen molar-refractivity contribution in [3.05, 3.63) is 36.3 Å². The van der Waals surface area contributed by atoms with Gasteiger partial charge in [-0.25, -0.2) is 0 Å². The number of hydrogen-bond acceptors (Lipinski definition) is 3. The van der Waals surface area contributed by atoms with Gasteiger partial charge in [-0.05, 0) is 13.8 Å². The zero-order valence-corrected chi connectivity index (χ0v) is 10.7. The van der Waals surface area contributed by atoms with Crippen molar-refractivity contribution in [1.29, 1.82) is 0 Å². The van der Waals surface area contributed by atoms with Crippen LogP contribution >= 0.6 is 0 Å². The van der Waals surface area contributed by atoms with E-state index in [1.165, 1.54) is 11.3 Å². The summed E-state index contributed by atoms with van der Waals surface area (Å²) in [6.07, 6.45) is 6.42. The topological polar surface area (TPSA) is 18.5 Å². The Morgan fingerprint density at radius 1 is 1.38 bits per heavy atom. The molecule has 0 radical (unpaired) electrons. The van der Waals surface area contributed by atoms with Crippen molar-refractivity contribution in [2.24, 2.45) is 0 Å². The molecule has 1 N–H and O–H groups in total. The normalized spacial score (nSPS) is 16.8. The second-order valence-electron chi connectivity index (χ2n) is 4.31. The third kappa shape index (κ3) is 4.11. The SMILES string of the molecule is C=C(C)CNC/C(=C\C)N1C=CN(C)CC1. The summed E-state index contributed by atoms with van der Waals surface area (Å²) in [7, 11) is 2.10. The van der Waals surface area contributed by atoms with E-state index in [-0.39, 0.29) is 0 Å². The van der Waals surface area contributed by atoms with Crippen LogP contribution in [-0.2, 0) is 0 Å². The minimum absolute atomic E-state index is 0.884. The average Bonchev–Trinajstić information content (AvgIpc) is 2.26. The third-order valence-corrected chi connectivity index (χ3v) is 2.63. The molecule has 1 aliphatic rings. The van der Waals surface area contributed by atoms with E-state index in [9.17, 15) is 0 Å². The van der Waals surface area contributed by atoms with E-state index in [1.54, 1.807) is 0 Å². The Morgan fingerprint density at radius 2 is 2.12 bits per heavy atom. The zero-order valence-electron chi connectivity index (χ0n) is 10.7. The minimum atomic E-state index is 0.884. The molecule has 0 saturated carbocycles. The van der Waals surface area contributed by atoms with Crippen LogP contribution in [0.2, 0.25) is 0 Å². The molecule has 0 fully saturated rings. The molecule has 16 heavy (non-hydrogen) atoms. The Labute approximate surface area is 99.1 Å². The molecular weight excluding hydrogens is 198 g/mol. The summed E-state index contributed by atoms with van der Waals surface area (Å²) >= 11 is 0. The van der Waals surface area contributed by atoms with E-state index in [0.29, 0.717) is 0 Å². The largest absolute Gasteiger partial charge is 0.377 e. The Balaban J connectivity index is 2.43. The van der Waals surface area contributed by atoms with E-state index in [0.717, 1.165) is 26.2 Å². The molecule has 1 rings (SSSR count). The fraction of sp³-hybridized carbons (Fsp3) is 0.538. The number of allylic oxidation sites excluding steroid dienone is 1. The summed E-state index contributed by atoms with van der Waals surface area (Å²) in [6, 6.07) is 0. The molecule has 0 aromatic rings. The monoisotopic (exact) mass is 221 g/mol. The third-order valence-electron chi connectivity index (χ3n) is 2.63. The van der Waals surface area contributed by atoms with Crippen LogP contribution < -0.4 is 5.32 Å². The van der Waals surface area contributed by atoms with Gasteiger partial charge in [-0.1, -0.05) is 18.2 Å². The molecule has 0 aromatic heterocycles. The quantitative estimate of drug-likeness (QED) is 0.714. The molecular formula is C13H23N3. The molecule has 0 spiro atoms. The fourth-order valence-electron chi connectivity index (χ4n) is 1.62. The van der Waals surface area contributed by atoms with Crippen LogP contribution in [-0.4, -0.2) is 43.0 Å². The molecule has 0 aliphatic carbocycles. The van der Waals surface area contributed by atoms with Crippen molar-refractivity contribution >= 4 is 0 Å². The zero-order chi connectivity index (χ0) is 12.0. The summed E-state index contributed by atoms with van der Waals surface area (Å²) in [5.74, 6) is 0. The number of nitrogens with zero attached hydrogens (tertiary/aromatic N) is 2. The van der Waals surface area contributed by atoms with Crippen LogP contribution in [0.5, 0.6) is 0 Å². The first-order valence-electron chi connectivity index (χ1n) is 5.79. The summed E-state index contributed by atoms with van der Waals surface area (Å²) in [5.41, 5.74) is 2.50. The van der Waals surface area contributed by atoms with Gasteiger partial charge in [0.2, 0.25) is 0 Å². The first-order valence-corrected chi connectivity index (χ1v) is 5.79. The summed E-state index contributed by atoms with van der Waals surface area (Å²) < 4.78 is 0. The van der Waals surface area contributed by atoms with Crippen molar-refractivity contribution in [3.63, 3.8) is 0 Å². The van der Waals surface area contributed by atoms with Crippen molar-refractivity contribution < 1.29 is 0 Å². The second-order valence-corrected chi connectivity index (χ2v) is 4.31. The average molecular weight is 221 g/mol. The van der Waals surface area contributed by atoms with Gasteiger partial charge in [-0.2, -0.15) is 0 Å². The molecule has 1 heterocycles. The smallest absolute Gasteiger partial charge is 0.0398 e. The summed E-state index contributed by atoms with van der Waals surface area (Å²) in [4.78, 5) is 4.50. The van der Waals surface area contributed by atoms with E-state index < -0.39 is 0 Å². The van der Waals surface area contributed by atoms with Crippen LogP contribution in [0.25, 0.3) is 0 Å². The molecule has 0 atom stereocenters. The Morgan fingerprint density at radius 3 is 2.62 bits per heavy atom. The van der Waals surface area contributed by atoms with Gasteiger partial charge in [-0.15, -0.1) is 0 Å². The van der Waals surface area contributed by atoms with E-state index >= 15 is 0 Å². The molecule has 3 heteroatoms. The lowest BCUT2D eigenvalue weighted by Crippen LogP contribution is -2.35. The van der Waals surface area contributed by atoms with Gasteiger partial charge < -0.3 is 15.1 Å². The maximum Gasteiger partial charge on any atom is 0.0398 e. The predicted molar refractivity (Wildman–Crippen MR) is 69.9 cm³/mol. The van der Waals surface area contributed by atoms with Gasteiger partial charge >= 0.3 is 0 Å². The number of likely N-dealkylation sites (N-methyl/N-ethyl adjacent to an activating group) is 1. The van der Waals surface area contributed by atoms with Crippen molar-refractivity contribution in [3.8, 4) is 0 Å². The van der Waals surface area contributed by atoms with Crippen LogP contribution in [0.4, 0.5) is 0 Å². The highest BCUT2D eigenvalue weighted by atomic mass is 15.2. The summed E-state index contributed by atoms with van der Waals surface area (Å²) in [6.45, 7) is 11.9. The maximum atomic E-state index is 3.88. The number of nitrogens with one attached hydrogen (secondary N) is 1. The maximum absolute atomic E-state index is 3.88. The van der Waals surface area contributed by atoms with E-state index in [2.05, 4.69) is 54.1 Å². The Bertz CT molecular complexity index is 292. The molecule has 0 unspecified atom stereocenters. The van der Waals surface area contributed by atoms with Gasteiger partial charge in [0.05, 0.1) is 0 Å². The molecule has 0 bridgehead atoms. The molecule has 3 nitrogen and oxygen atoms in total. The van der Waals surface area contributed by atoms with Crippen LogP contribution in [0, 0.1) is 0 Å². The number of hydrogen-bond donors (Lipinski definition) is 1. The lowest BCUT2D eigenvalue weighted by Gasteiger charge is -2.30. The fourth-order valence-corrected chi connectivity index (χ4v) is 1.62. The Kier molecular flexibility index (Phi) is 5.12. The first-order chi connectivity index (χ1) is 7.63. The first kappa shape index (κ1) is 12.8. The van der Waals surface area contributed by atoms with Crippen molar-refractivity contribution in [1.82, 2.24) is 15.1 Å². The van der Waals surface area contributed by atoms with Gasteiger partial charge in [-0.3, -0.25) is 0 Å².